The molecular formula is C24H28N4O4. The third-order valence-electron chi connectivity index (χ3n) is 5.39. The lowest BCUT2D eigenvalue weighted by atomic mass is 10.0. The largest absolute Gasteiger partial charge is 0.496 e. The Morgan fingerprint density at radius 1 is 1.00 bits per heavy atom. The average molecular weight is 437 g/mol. The third-order valence-corrected chi connectivity index (χ3v) is 5.39. The minimum atomic E-state index is -0.850. The molecule has 2 amide bonds. The minimum absolute atomic E-state index is 0.179. The fraction of sp³-hybridized carbons (Fsp3) is 0.292. The Hall–Kier alpha value is -3.81. The van der Waals surface area contributed by atoms with E-state index in [4.69, 9.17) is 4.74 Å². The van der Waals surface area contributed by atoms with Gasteiger partial charge in [0.25, 0.3) is 11.5 Å². The van der Waals surface area contributed by atoms with Crippen molar-refractivity contribution in [2.45, 2.75) is 26.8 Å². The molecule has 2 aromatic carbocycles. The Labute approximate surface area is 186 Å². The number of rotatable bonds is 7. The second-order valence-electron chi connectivity index (χ2n) is 7.82. The van der Waals surface area contributed by atoms with Crippen LogP contribution in [-0.2, 0) is 11.8 Å². The summed E-state index contributed by atoms with van der Waals surface area (Å²) in [4.78, 5) is 39.0. The number of nitrogens with zero attached hydrogens (tertiary/aromatic N) is 2. The molecule has 0 saturated carbocycles. The summed E-state index contributed by atoms with van der Waals surface area (Å²) >= 11 is 0. The van der Waals surface area contributed by atoms with Gasteiger partial charge in [0.15, 0.2) is 0 Å². The van der Waals surface area contributed by atoms with Crippen molar-refractivity contribution in [1.82, 2.24) is 14.7 Å². The molecule has 0 bridgehead atoms. The van der Waals surface area contributed by atoms with Crippen LogP contribution in [-0.4, -0.2) is 34.3 Å². The zero-order valence-corrected chi connectivity index (χ0v) is 18.9. The molecule has 1 aromatic heterocycles. The molecule has 0 unspecified atom stereocenters. The monoisotopic (exact) mass is 436 g/mol. The van der Waals surface area contributed by atoms with E-state index < -0.39 is 17.9 Å². The number of benzene rings is 2. The minimum Gasteiger partial charge on any atom is -0.496 e. The maximum atomic E-state index is 13.1. The Morgan fingerprint density at radius 3 is 2.25 bits per heavy atom. The van der Waals surface area contributed by atoms with Gasteiger partial charge in [0.2, 0.25) is 5.91 Å². The molecule has 0 spiro atoms. The predicted molar refractivity (Wildman–Crippen MR) is 123 cm³/mol. The first-order chi connectivity index (χ1) is 15.3. The maximum Gasteiger partial charge on any atom is 0.295 e. The molecule has 0 saturated heterocycles. The van der Waals surface area contributed by atoms with E-state index >= 15 is 0 Å². The van der Waals surface area contributed by atoms with Crippen LogP contribution in [0.3, 0.4) is 0 Å². The Morgan fingerprint density at radius 2 is 1.62 bits per heavy atom. The normalized spacial score (nSPS) is 11.8. The first kappa shape index (κ1) is 22.9. The van der Waals surface area contributed by atoms with E-state index in [1.807, 2.05) is 44.2 Å². The number of nitrogens with one attached hydrogen (secondary N) is 2. The highest BCUT2D eigenvalue weighted by Crippen LogP contribution is 2.19. The summed E-state index contributed by atoms with van der Waals surface area (Å²) in [5, 5.41) is 5.51. The molecule has 0 radical (unpaired) electrons. The zero-order chi connectivity index (χ0) is 23.4. The lowest BCUT2D eigenvalue weighted by Gasteiger charge is -2.22. The molecule has 8 nitrogen and oxygen atoms in total. The summed E-state index contributed by atoms with van der Waals surface area (Å²) in [6.07, 6.45) is 0. The number of hydrogen-bond acceptors (Lipinski definition) is 4. The molecule has 168 valence electrons. The number of anilines is 1. The van der Waals surface area contributed by atoms with E-state index in [2.05, 4.69) is 10.6 Å². The summed E-state index contributed by atoms with van der Waals surface area (Å²) < 4.78 is 8.42. The van der Waals surface area contributed by atoms with Crippen molar-refractivity contribution < 1.29 is 14.3 Å². The summed E-state index contributed by atoms with van der Waals surface area (Å²) in [6.45, 7) is 5.41. The van der Waals surface area contributed by atoms with Gasteiger partial charge in [0.05, 0.1) is 24.1 Å². The van der Waals surface area contributed by atoms with Gasteiger partial charge < -0.3 is 15.4 Å². The van der Waals surface area contributed by atoms with Crippen LogP contribution < -0.4 is 20.9 Å². The van der Waals surface area contributed by atoms with Gasteiger partial charge in [-0.05, 0) is 37.1 Å². The second kappa shape index (κ2) is 9.55. The Bertz CT molecular complexity index is 1180. The van der Waals surface area contributed by atoms with Crippen LogP contribution in [0.5, 0.6) is 5.75 Å². The summed E-state index contributed by atoms with van der Waals surface area (Å²) in [5.74, 6) is -0.691. The number of carbonyl (C=O) groups excluding carboxylic acids is 2. The zero-order valence-electron chi connectivity index (χ0n) is 18.9. The Balaban J connectivity index is 1.88. The smallest absolute Gasteiger partial charge is 0.295 e. The summed E-state index contributed by atoms with van der Waals surface area (Å²) in [6, 6.07) is 15.1. The van der Waals surface area contributed by atoms with E-state index in [0.717, 1.165) is 0 Å². The highest BCUT2D eigenvalue weighted by molar-refractivity contribution is 6.02. The molecule has 1 heterocycles. The van der Waals surface area contributed by atoms with Crippen LogP contribution >= 0.6 is 0 Å². The van der Waals surface area contributed by atoms with Crippen molar-refractivity contribution in [3.8, 4) is 11.4 Å². The van der Waals surface area contributed by atoms with Crippen molar-refractivity contribution in [2.24, 2.45) is 13.0 Å². The molecule has 0 aliphatic rings. The molecule has 0 aliphatic carbocycles. The van der Waals surface area contributed by atoms with Crippen molar-refractivity contribution >= 4 is 17.5 Å². The van der Waals surface area contributed by atoms with Crippen LogP contribution in [0.1, 0.15) is 29.9 Å². The first-order valence-electron chi connectivity index (χ1n) is 10.3. The predicted octanol–water partition coefficient (Wildman–Crippen LogP) is 2.89. The highest BCUT2D eigenvalue weighted by atomic mass is 16.5. The number of ether oxygens (including phenoxy) is 1. The average Bonchev–Trinajstić information content (AvgIpc) is 3.00. The highest BCUT2D eigenvalue weighted by Gasteiger charge is 2.28. The van der Waals surface area contributed by atoms with Crippen molar-refractivity contribution in [1.29, 1.82) is 0 Å². The van der Waals surface area contributed by atoms with Crippen LogP contribution in [0.4, 0.5) is 5.69 Å². The van der Waals surface area contributed by atoms with Gasteiger partial charge in [0, 0.05) is 7.05 Å². The number of para-hydroxylation sites is 2. The van der Waals surface area contributed by atoms with E-state index in [-0.39, 0.29) is 17.2 Å². The van der Waals surface area contributed by atoms with Crippen LogP contribution in [0.2, 0.25) is 0 Å². The standard InChI is InChI=1S/C24H28N4O4/c1-15(2)20(25-22(29)18-13-9-10-14-19(18)32-5)23(30)26-21-16(3)27(4)28(24(21)31)17-11-7-6-8-12-17/h6-15,20H,1-5H3,(H,25,29)(H,26,30)/t20-/m0/s1. The molecular weight excluding hydrogens is 408 g/mol. The molecule has 3 rings (SSSR count). The summed E-state index contributed by atoms with van der Waals surface area (Å²) in [7, 11) is 3.23. The third kappa shape index (κ3) is 4.44. The lowest BCUT2D eigenvalue weighted by molar-refractivity contribution is -0.118. The van der Waals surface area contributed by atoms with Gasteiger partial charge >= 0.3 is 0 Å². The van der Waals surface area contributed by atoms with E-state index in [1.165, 1.54) is 11.8 Å². The number of carbonyl (C=O) groups is 2. The molecule has 8 heteroatoms. The SMILES string of the molecule is COc1ccccc1C(=O)N[C@H](C(=O)Nc1c(C)n(C)n(-c2ccccc2)c1=O)C(C)C. The van der Waals surface area contributed by atoms with E-state index in [0.29, 0.717) is 22.7 Å². The summed E-state index contributed by atoms with van der Waals surface area (Å²) in [5.41, 5.74) is 1.46. The number of hydrogen-bond donors (Lipinski definition) is 2. The first-order valence-corrected chi connectivity index (χ1v) is 10.3. The second-order valence-corrected chi connectivity index (χ2v) is 7.82. The van der Waals surface area contributed by atoms with Gasteiger partial charge in [-0.3, -0.25) is 19.1 Å². The van der Waals surface area contributed by atoms with Gasteiger partial charge in [-0.15, -0.1) is 0 Å². The molecule has 0 aliphatic heterocycles. The van der Waals surface area contributed by atoms with Gasteiger partial charge in [-0.1, -0.05) is 44.2 Å². The molecule has 32 heavy (non-hydrogen) atoms. The molecule has 0 fully saturated rings. The van der Waals surface area contributed by atoms with Crippen molar-refractivity contribution in [3.05, 3.63) is 76.2 Å². The van der Waals surface area contributed by atoms with Crippen LogP contribution in [0.15, 0.2) is 59.4 Å². The molecule has 1 atom stereocenters. The van der Waals surface area contributed by atoms with Crippen molar-refractivity contribution in [2.75, 3.05) is 12.4 Å². The van der Waals surface area contributed by atoms with Crippen LogP contribution in [0, 0.1) is 12.8 Å². The lowest BCUT2D eigenvalue weighted by Crippen LogP contribution is -2.47. The fourth-order valence-electron chi connectivity index (χ4n) is 3.50. The van der Waals surface area contributed by atoms with Gasteiger partial charge in [-0.2, -0.15) is 0 Å². The van der Waals surface area contributed by atoms with E-state index in [1.54, 1.807) is 42.9 Å². The Kier molecular flexibility index (Phi) is 6.82. The quantitative estimate of drug-likeness (QED) is 0.596. The molecule has 3 aromatic rings. The van der Waals surface area contributed by atoms with Crippen LogP contribution in [0.25, 0.3) is 5.69 Å². The maximum absolute atomic E-state index is 13.1. The molecule has 2 N–H and O–H groups in total. The van der Waals surface area contributed by atoms with Crippen molar-refractivity contribution in [3.63, 3.8) is 0 Å². The number of amides is 2. The van der Waals surface area contributed by atoms with E-state index in [9.17, 15) is 14.4 Å². The topological polar surface area (TPSA) is 94.4 Å². The van der Waals surface area contributed by atoms with Gasteiger partial charge in [-0.25, -0.2) is 4.68 Å². The van der Waals surface area contributed by atoms with Gasteiger partial charge in [0.1, 0.15) is 17.5 Å². The number of methoxy groups -OCH3 is 1. The fourth-order valence-corrected chi connectivity index (χ4v) is 3.50. The number of aromatic nitrogens is 2.